The predicted octanol–water partition coefficient (Wildman–Crippen LogP) is 1.82. The van der Waals surface area contributed by atoms with E-state index in [0.717, 1.165) is 28.8 Å². The maximum Gasteiger partial charge on any atom is 0.270 e. The van der Waals surface area contributed by atoms with Gasteiger partial charge in [-0.25, -0.2) is 0 Å². The van der Waals surface area contributed by atoms with E-state index in [1.54, 1.807) is 12.4 Å². The number of nitrogens with one attached hydrogen (secondary N) is 1. The number of aryl methyl sites for hydroxylation is 1. The van der Waals surface area contributed by atoms with Crippen LogP contribution in [0.15, 0.2) is 29.0 Å². The Morgan fingerprint density at radius 3 is 2.90 bits per heavy atom. The Morgan fingerprint density at radius 1 is 1.50 bits per heavy atom. The summed E-state index contributed by atoms with van der Waals surface area (Å²) in [5.41, 5.74) is 1.06. The summed E-state index contributed by atoms with van der Waals surface area (Å²) in [5, 5.41) is 21.7. The van der Waals surface area contributed by atoms with E-state index in [1.807, 2.05) is 11.6 Å². The van der Waals surface area contributed by atoms with E-state index in [0.29, 0.717) is 6.54 Å². The minimum atomic E-state index is -0.407. The maximum atomic E-state index is 10.6. The standard InChI is InChI=1S/C12H14BrN5O2/c1-17-8-15-16-12(17)4-5-14-7-9-2-3-10(18(19)20)6-11(9)13/h2-3,6,8,14H,4-5,7H2,1H3. The number of nitrogens with zero attached hydrogens (tertiary/aromatic N) is 4. The monoisotopic (exact) mass is 339 g/mol. The van der Waals surface area contributed by atoms with Gasteiger partial charge in [0.25, 0.3) is 5.69 Å². The van der Waals surface area contributed by atoms with Crippen LogP contribution in [-0.4, -0.2) is 26.2 Å². The number of aromatic nitrogens is 3. The van der Waals surface area contributed by atoms with Crippen molar-refractivity contribution in [1.82, 2.24) is 20.1 Å². The molecule has 0 atom stereocenters. The highest BCUT2D eigenvalue weighted by atomic mass is 79.9. The third kappa shape index (κ3) is 3.61. The fraction of sp³-hybridized carbons (Fsp3) is 0.333. The molecule has 0 radical (unpaired) electrons. The van der Waals surface area contributed by atoms with Gasteiger partial charge in [0.05, 0.1) is 4.92 Å². The third-order valence-corrected chi connectivity index (χ3v) is 3.63. The van der Waals surface area contributed by atoms with Gasteiger partial charge in [-0.2, -0.15) is 0 Å². The third-order valence-electron chi connectivity index (χ3n) is 2.89. The van der Waals surface area contributed by atoms with Crippen LogP contribution in [0.5, 0.6) is 0 Å². The van der Waals surface area contributed by atoms with Crippen LogP contribution in [0.25, 0.3) is 0 Å². The summed E-state index contributed by atoms with van der Waals surface area (Å²) in [6.45, 7) is 1.40. The van der Waals surface area contributed by atoms with Crippen molar-refractivity contribution in [2.45, 2.75) is 13.0 Å². The molecule has 0 spiro atoms. The molecule has 2 rings (SSSR count). The SMILES string of the molecule is Cn1cnnc1CCNCc1ccc([N+](=O)[O-])cc1Br. The molecule has 1 heterocycles. The molecule has 1 aromatic carbocycles. The van der Waals surface area contributed by atoms with Gasteiger partial charge in [-0.15, -0.1) is 10.2 Å². The average Bonchev–Trinajstić information content (AvgIpc) is 2.81. The Hall–Kier alpha value is -1.80. The Kier molecular flexibility index (Phi) is 4.80. The zero-order valence-electron chi connectivity index (χ0n) is 10.9. The molecule has 0 amide bonds. The fourth-order valence-corrected chi connectivity index (χ4v) is 2.26. The van der Waals surface area contributed by atoms with Crippen molar-refractivity contribution in [2.75, 3.05) is 6.54 Å². The molecule has 0 saturated heterocycles. The molecular formula is C12H14BrN5O2. The first-order valence-electron chi connectivity index (χ1n) is 6.04. The van der Waals surface area contributed by atoms with E-state index in [4.69, 9.17) is 0 Å². The molecule has 8 heteroatoms. The number of rotatable bonds is 6. The first-order chi connectivity index (χ1) is 9.58. The van der Waals surface area contributed by atoms with Crippen molar-refractivity contribution >= 4 is 21.6 Å². The minimum Gasteiger partial charge on any atom is -0.321 e. The summed E-state index contributed by atoms with van der Waals surface area (Å²) >= 11 is 3.35. The van der Waals surface area contributed by atoms with Crippen molar-refractivity contribution in [3.63, 3.8) is 0 Å². The van der Waals surface area contributed by atoms with Crippen molar-refractivity contribution in [3.8, 4) is 0 Å². The van der Waals surface area contributed by atoms with E-state index in [2.05, 4.69) is 31.4 Å². The lowest BCUT2D eigenvalue weighted by molar-refractivity contribution is -0.384. The molecule has 7 nitrogen and oxygen atoms in total. The molecule has 0 unspecified atom stereocenters. The number of nitro groups is 1. The molecule has 0 saturated carbocycles. The normalized spacial score (nSPS) is 10.7. The molecule has 2 aromatic rings. The first-order valence-corrected chi connectivity index (χ1v) is 6.83. The highest BCUT2D eigenvalue weighted by Crippen LogP contribution is 2.22. The topological polar surface area (TPSA) is 85.9 Å². The van der Waals surface area contributed by atoms with Crippen molar-refractivity contribution in [2.24, 2.45) is 7.05 Å². The van der Waals surface area contributed by atoms with Crippen molar-refractivity contribution < 1.29 is 4.92 Å². The van der Waals surface area contributed by atoms with Crippen molar-refractivity contribution in [3.05, 3.63) is 50.5 Å². The van der Waals surface area contributed by atoms with E-state index in [9.17, 15) is 10.1 Å². The highest BCUT2D eigenvalue weighted by Gasteiger charge is 2.08. The molecular weight excluding hydrogens is 326 g/mol. The van der Waals surface area contributed by atoms with Gasteiger partial charge in [0.1, 0.15) is 12.2 Å². The van der Waals surface area contributed by atoms with E-state index < -0.39 is 4.92 Å². The molecule has 0 aliphatic heterocycles. The predicted molar refractivity (Wildman–Crippen MR) is 77.2 cm³/mol. The van der Waals surface area contributed by atoms with Crippen LogP contribution in [0.3, 0.4) is 0 Å². The lowest BCUT2D eigenvalue weighted by Gasteiger charge is -2.06. The second-order valence-electron chi connectivity index (χ2n) is 4.32. The zero-order valence-corrected chi connectivity index (χ0v) is 12.5. The number of non-ortho nitro benzene ring substituents is 1. The molecule has 0 bridgehead atoms. The molecule has 0 fully saturated rings. The Balaban J connectivity index is 1.85. The number of nitro benzene ring substituents is 1. The smallest absolute Gasteiger partial charge is 0.270 e. The van der Waals surface area contributed by atoms with Crippen LogP contribution in [0.2, 0.25) is 0 Å². The van der Waals surface area contributed by atoms with Crippen LogP contribution in [0, 0.1) is 10.1 Å². The van der Waals surface area contributed by atoms with Gasteiger partial charge in [-0.3, -0.25) is 10.1 Å². The largest absolute Gasteiger partial charge is 0.321 e. The van der Waals surface area contributed by atoms with Crippen LogP contribution < -0.4 is 5.32 Å². The van der Waals surface area contributed by atoms with E-state index >= 15 is 0 Å². The summed E-state index contributed by atoms with van der Waals surface area (Å²) in [7, 11) is 1.91. The quantitative estimate of drug-likeness (QED) is 0.492. The second kappa shape index (κ2) is 6.58. The van der Waals surface area contributed by atoms with Gasteiger partial charge in [-0.1, -0.05) is 15.9 Å². The number of hydrogen-bond acceptors (Lipinski definition) is 5. The maximum absolute atomic E-state index is 10.6. The van der Waals surface area contributed by atoms with Gasteiger partial charge >= 0.3 is 0 Å². The summed E-state index contributed by atoms with van der Waals surface area (Å²) in [4.78, 5) is 10.2. The minimum absolute atomic E-state index is 0.0831. The fourth-order valence-electron chi connectivity index (χ4n) is 1.75. The summed E-state index contributed by atoms with van der Waals surface area (Å²) in [5.74, 6) is 0.917. The number of hydrogen-bond donors (Lipinski definition) is 1. The van der Waals surface area contributed by atoms with Gasteiger partial charge < -0.3 is 9.88 Å². The van der Waals surface area contributed by atoms with Gasteiger partial charge in [0.15, 0.2) is 0 Å². The zero-order chi connectivity index (χ0) is 14.5. The molecule has 20 heavy (non-hydrogen) atoms. The summed E-state index contributed by atoms with van der Waals surface area (Å²) in [6.07, 6.45) is 2.45. The van der Waals surface area contributed by atoms with Crippen LogP contribution >= 0.6 is 15.9 Å². The van der Waals surface area contributed by atoms with Gasteiger partial charge in [0.2, 0.25) is 0 Å². The Bertz CT molecular complexity index is 614. The summed E-state index contributed by atoms with van der Waals surface area (Å²) in [6, 6.07) is 4.77. The second-order valence-corrected chi connectivity index (χ2v) is 5.17. The molecule has 106 valence electrons. The Labute approximate surface area is 124 Å². The molecule has 0 aliphatic rings. The van der Waals surface area contributed by atoms with Crippen LogP contribution in [0.1, 0.15) is 11.4 Å². The van der Waals surface area contributed by atoms with E-state index in [1.165, 1.54) is 12.1 Å². The van der Waals surface area contributed by atoms with Crippen LogP contribution in [-0.2, 0) is 20.0 Å². The lowest BCUT2D eigenvalue weighted by Crippen LogP contribution is -2.18. The van der Waals surface area contributed by atoms with Gasteiger partial charge in [-0.05, 0) is 11.6 Å². The van der Waals surface area contributed by atoms with Gasteiger partial charge in [0, 0.05) is 43.2 Å². The molecule has 1 aromatic heterocycles. The van der Waals surface area contributed by atoms with E-state index in [-0.39, 0.29) is 5.69 Å². The molecule has 0 aliphatic carbocycles. The Morgan fingerprint density at radius 2 is 2.30 bits per heavy atom. The molecule has 1 N–H and O–H groups in total. The lowest BCUT2D eigenvalue weighted by atomic mass is 10.2. The average molecular weight is 340 g/mol. The van der Waals surface area contributed by atoms with Crippen LogP contribution in [0.4, 0.5) is 5.69 Å². The first kappa shape index (κ1) is 14.6. The number of halogens is 1. The summed E-state index contributed by atoms with van der Waals surface area (Å²) < 4.78 is 2.61. The highest BCUT2D eigenvalue weighted by molar-refractivity contribution is 9.10. The van der Waals surface area contributed by atoms with Crippen molar-refractivity contribution in [1.29, 1.82) is 0 Å². The number of benzene rings is 1.